The van der Waals surface area contributed by atoms with Crippen molar-refractivity contribution in [1.29, 1.82) is 0 Å². The van der Waals surface area contributed by atoms with E-state index in [0.29, 0.717) is 30.0 Å². The van der Waals surface area contributed by atoms with Gasteiger partial charge in [0.1, 0.15) is 18.5 Å². The number of nitrogens with one attached hydrogen (secondary N) is 1. The molecule has 2 aliphatic heterocycles. The molecule has 0 amide bonds. The van der Waals surface area contributed by atoms with E-state index in [2.05, 4.69) is 39.3 Å². The highest BCUT2D eigenvalue weighted by atomic mass is 16.6. The van der Waals surface area contributed by atoms with Crippen LogP contribution < -0.4 is 5.32 Å². The first-order valence-electron chi connectivity index (χ1n) is 10.7. The number of aromatic nitrogens is 4. The van der Waals surface area contributed by atoms with Crippen LogP contribution in [0.4, 0.5) is 5.82 Å². The maximum absolute atomic E-state index is 10.7. The van der Waals surface area contributed by atoms with E-state index in [4.69, 9.17) is 9.47 Å². The van der Waals surface area contributed by atoms with E-state index in [0.717, 1.165) is 19.4 Å². The van der Waals surface area contributed by atoms with Crippen LogP contribution in [0.1, 0.15) is 30.2 Å². The van der Waals surface area contributed by atoms with Gasteiger partial charge in [0.15, 0.2) is 23.2 Å². The zero-order chi connectivity index (χ0) is 21.4. The van der Waals surface area contributed by atoms with E-state index >= 15 is 0 Å². The van der Waals surface area contributed by atoms with E-state index < -0.39 is 24.5 Å². The summed E-state index contributed by atoms with van der Waals surface area (Å²) < 4.78 is 13.2. The predicted molar refractivity (Wildman–Crippen MR) is 114 cm³/mol. The lowest BCUT2D eigenvalue weighted by Crippen LogP contribution is -2.31. The number of anilines is 1. The van der Waals surface area contributed by atoms with Crippen molar-refractivity contribution in [3.05, 3.63) is 48.0 Å². The molecule has 5 atom stereocenters. The summed E-state index contributed by atoms with van der Waals surface area (Å²) in [5, 5.41) is 24.7. The molecule has 5 rings (SSSR count). The molecule has 1 aromatic carbocycles. The molecular formula is C22H27N5O4. The molecule has 0 radical (unpaired) electrons. The van der Waals surface area contributed by atoms with Crippen LogP contribution in [-0.4, -0.2) is 67.3 Å². The number of aliphatic hydroxyl groups is 2. The molecule has 4 heterocycles. The van der Waals surface area contributed by atoms with Crippen molar-refractivity contribution in [1.82, 2.24) is 19.5 Å². The zero-order valence-corrected chi connectivity index (χ0v) is 17.4. The molecule has 164 valence electrons. The molecule has 2 aromatic heterocycles. The number of ether oxygens (including phenoxy) is 2. The van der Waals surface area contributed by atoms with E-state index in [9.17, 15) is 10.2 Å². The average molecular weight is 425 g/mol. The Hall–Kier alpha value is -2.59. The number of aliphatic hydroxyl groups excluding tert-OH is 2. The number of rotatable bonds is 6. The van der Waals surface area contributed by atoms with Gasteiger partial charge < -0.3 is 25.0 Å². The molecule has 0 aliphatic carbocycles. The third kappa shape index (κ3) is 3.89. The summed E-state index contributed by atoms with van der Waals surface area (Å²) in [6, 6.07) is 8.35. The minimum Gasteiger partial charge on any atom is -0.388 e. The number of hydrogen-bond acceptors (Lipinski definition) is 8. The summed E-state index contributed by atoms with van der Waals surface area (Å²) in [5.74, 6) is 0.628. The van der Waals surface area contributed by atoms with Gasteiger partial charge in [0.05, 0.1) is 25.1 Å². The van der Waals surface area contributed by atoms with Gasteiger partial charge in [-0.3, -0.25) is 4.57 Å². The molecule has 0 saturated carbocycles. The van der Waals surface area contributed by atoms with Crippen molar-refractivity contribution in [3.8, 4) is 0 Å². The standard InChI is InChI=1S/C22H27N5O4/c1-13-4-2-3-5-14(13)6-7-16-18(28)19(29)22(31-16)27-12-25-17-20(23-11-24-21(17)27)26-15-8-9-30-10-15/h2-5,11-12,15-16,18-19,22,28-29H,6-10H2,1H3,(H,23,24,26)/t15?,16-,18+,19-,22-/m1/s1. The smallest absolute Gasteiger partial charge is 0.167 e. The Bertz CT molecular complexity index is 1050. The second-order valence-electron chi connectivity index (χ2n) is 8.26. The van der Waals surface area contributed by atoms with Crippen LogP contribution in [0.25, 0.3) is 11.2 Å². The lowest BCUT2D eigenvalue weighted by atomic mass is 9.99. The Morgan fingerprint density at radius 1 is 1.16 bits per heavy atom. The molecule has 2 saturated heterocycles. The molecule has 31 heavy (non-hydrogen) atoms. The first kappa shape index (κ1) is 20.3. The summed E-state index contributed by atoms with van der Waals surface area (Å²) in [7, 11) is 0. The predicted octanol–water partition coefficient (Wildman–Crippen LogP) is 1.59. The monoisotopic (exact) mass is 425 g/mol. The van der Waals surface area contributed by atoms with Crippen molar-refractivity contribution < 1.29 is 19.7 Å². The summed E-state index contributed by atoms with van der Waals surface area (Å²) in [4.78, 5) is 13.1. The van der Waals surface area contributed by atoms with Gasteiger partial charge >= 0.3 is 0 Å². The SMILES string of the molecule is Cc1ccccc1CC[C@H]1O[C@@H](n2cnc3c(NC4CCOC4)ncnc32)[C@H](O)[C@H]1O. The second-order valence-corrected chi connectivity index (χ2v) is 8.26. The number of fused-ring (bicyclic) bond motifs is 1. The van der Waals surface area contributed by atoms with Crippen molar-refractivity contribution in [3.63, 3.8) is 0 Å². The van der Waals surface area contributed by atoms with Crippen molar-refractivity contribution >= 4 is 17.0 Å². The topological polar surface area (TPSA) is 115 Å². The lowest BCUT2D eigenvalue weighted by Gasteiger charge is -2.17. The highest BCUT2D eigenvalue weighted by molar-refractivity contribution is 5.82. The zero-order valence-electron chi connectivity index (χ0n) is 17.4. The molecule has 2 fully saturated rings. The van der Waals surface area contributed by atoms with Gasteiger partial charge in [0.2, 0.25) is 0 Å². The Morgan fingerprint density at radius 3 is 2.84 bits per heavy atom. The molecule has 9 heteroatoms. The fourth-order valence-electron chi connectivity index (χ4n) is 4.37. The number of aryl methyl sites for hydroxylation is 2. The molecule has 1 unspecified atom stereocenters. The highest BCUT2D eigenvalue weighted by Gasteiger charge is 2.44. The number of hydrogen-bond donors (Lipinski definition) is 3. The maximum Gasteiger partial charge on any atom is 0.167 e. The first-order valence-corrected chi connectivity index (χ1v) is 10.7. The molecule has 9 nitrogen and oxygen atoms in total. The molecule has 3 N–H and O–H groups in total. The summed E-state index contributed by atoms with van der Waals surface area (Å²) >= 11 is 0. The number of imidazole rings is 1. The van der Waals surface area contributed by atoms with Gasteiger partial charge in [-0.05, 0) is 37.3 Å². The fourth-order valence-corrected chi connectivity index (χ4v) is 4.37. The minimum atomic E-state index is -1.08. The summed E-state index contributed by atoms with van der Waals surface area (Å²) in [6.45, 7) is 3.43. The van der Waals surface area contributed by atoms with Crippen LogP contribution >= 0.6 is 0 Å². The highest BCUT2D eigenvalue weighted by Crippen LogP contribution is 2.34. The van der Waals surface area contributed by atoms with Crippen LogP contribution in [0.15, 0.2) is 36.9 Å². The summed E-state index contributed by atoms with van der Waals surface area (Å²) in [6.07, 6.45) is 2.02. The van der Waals surface area contributed by atoms with Crippen LogP contribution in [0.5, 0.6) is 0 Å². The van der Waals surface area contributed by atoms with Crippen LogP contribution in [-0.2, 0) is 15.9 Å². The fraction of sp³-hybridized carbons (Fsp3) is 0.500. The van der Waals surface area contributed by atoms with Gasteiger partial charge in [-0.15, -0.1) is 0 Å². The third-order valence-corrected chi connectivity index (χ3v) is 6.20. The Morgan fingerprint density at radius 2 is 2.03 bits per heavy atom. The van der Waals surface area contributed by atoms with Crippen LogP contribution in [0.3, 0.4) is 0 Å². The molecular weight excluding hydrogens is 398 g/mol. The Balaban J connectivity index is 1.34. The number of nitrogens with zero attached hydrogens (tertiary/aromatic N) is 4. The Labute approximate surface area is 180 Å². The normalized spacial score (nSPS) is 28.4. The number of benzene rings is 1. The van der Waals surface area contributed by atoms with Gasteiger partial charge in [-0.25, -0.2) is 15.0 Å². The van der Waals surface area contributed by atoms with Gasteiger partial charge in [-0.2, -0.15) is 0 Å². The van der Waals surface area contributed by atoms with Gasteiger partial charge in [0, 0.05) is 6.61 Å². The first-order chi connectivity index (χ1) is 15.1. The van der Waals surface area contributed by atoms with Gasteiger partial charge in [-0.1, -0.05) is 24.3 Å². The third-order valence-electron chi connectivity index (χ3n) is 6.20. The van der Waals surface area contributed by atoms with Crippen molar-refractivity contribution in [2.45, 2.75) is 56.8 Å². The maximum atomic E-state index is 10.7. The van der Waals surface area contributed by atoms with E-state index in [-0.39, 0.29) is 6.04 Å². The van der Waals surface area contributed by atoms with Crippen LogP contribution in [0.2, 0.25) is 0 Å². The molecule has 0 bridgehead atoms. The lowest BCUT2D eigenvalue weighted by molar-refractivity contribution is -0.0367. The molecule has 3 aromatic rings. The second kappa shape index (κ2) is 8.51. The molecule has 0 spiro atoms. The Kier molecular flexibility index (Phi) is 5.58. The molecule has 2 aliphatic rings. The summed E-state index contributed by atoms with van der Waals surface area (Å²) in [5.41, 5.74) is 3.57. The average Bonchev–Trinajstić information content (AvgIpc) is 3.50. The van der Waals surface area contributed by atoms with Crippen molar-refractivity contribution in [2.24, 2.45) is 0 Å². The van der Waals surface area contributed by atoms with E-state index in [1.807, 2.05) is 12.1 Å². The minimum absolute atomic E-state index is 0.184. The van der Waals surface area contributed by atoms with Gasteiger partial charge in [0.25, 0.3) is 0 Å². The van der Waals surface area contributed by atoms with Crippen LogP contribution in [0, 0.1) is 6.92 Å². The quantitative estimate of drug-likeness (QED) is 0.546. The van der Waals surface area contributed by atoms with E-state index in [1.165, 1.54) is 17.5 Å². The van der Waals surface area contributed by atoms with E-state index in [1.54, 1.807) is 10.9 Å². The largest absolute Gasteiger partial charge is 0.388 e. The van der Waals surface area contributed by atoms with Crippen molar-refractivity contribution in [2.75, 3.05) is 18.5 Å².